The summed E-state index contributed by atoms with van der Waals surface area (Å²) in [6.45, 7) is 0.451. The first-order valence-corrected chi connectivity index (χ1v) is 11.1. The maximum absolute atomic E-state index is 13.2. The predicted octanol–water partition coefficient (Wildman–Crippen LogP) is 3.23. The van der Waals surface area contributed by atoms with Crippen molar-refractivity contribution in [3.8, 4) is 5.75 Å². The second kappa shape index (κ2) is 8.24. The van der Waals surface area contributed by atoms with Gasteiger partial charge in [-0.1, -0.05) is 42.5 Å². The van der Waals surface area contributed by atoms with Crippen molar-refractivity contribution in [3.05, 3.63) is 103 Å². The molecule has 2 aliphatic rings. The molecule has 1 aliphatic carbocycles. The molecule has 168 valence electrons. The topological polar surface area (TPSA) is 82.3 Å². The summed E-state index contributed by atoms with van der Waals surface area (Å²) in [4.78, 5) is 38.8. The molecule has 0 saturated heterocycles. The van der Waals surface area contributed by atoms with Crippen molar-refractivity contribution in [2.24, 2.45) is 14.1 Å². The number of nitrogens with one attached hydrogen (secondary N) is 1. The molecule has 1 aliphatic heterocycles. The maximum Gasteiger partial charge on any atom is 0.332 e. The number of benzene rings is 2. The molecule has 0 radical (unpaired) electrons. The number of Topliss-reactive ketones (excluding diaryl/α,β-unsaturated/α-hetero) is 1. The van der Waals surface area contributed by atoms with E-state index < -0.39 is 11.6 Å². The zero-order chi connectivity index (χ0) is 23.1. The number of anilines is 1. The highest BCUT2D eigenvalue weighted by atomic mass is 16.5. The van der Waals surface area contributed by atoms with Gasteiger partial charge < -0.3 is 10.1 Å². The van der Waals surface area contributed by atoms with Gasteiger partial charge in [-0.05, 0) is 36.1 Å². The van der Waals surface area contributed by atoms with Crippen molar-refractivity contribution < 1.29 is 9.53 Å². The third-order valence-electron chi connectivity index (χ3n) is 6.46. The Hall–Kier alpha value is -3.87. The molecule has 1 N–H and O–H groups in total. The van der Waals surface area contributed by atoms with Crippen molar-refractivity contribution in [2.45, 2.75) is 31.8 Å². The Morgan fingerprint density at radius 2 is 1.67 bits per heavy atom. The highest BCUT2D eigenvalue weighted by molar-refractivity contribution is 6.00. The van der Waals surface area contributed by atoms with Gasteiger partial charge in [0.05, 0.1) is 5.56 Å². The van der Waals surface area contributed by atoms with E-state index in [1.54, 1.807) is 7.05 Å². The fraction of sp³-hybridized carbons (Fsp3) is 0.269. The minimum Gasteiger partial charge on any atom is -0.489 e. The Morgan fingerprint density at radius 3 is 2.39 bits per heavy atom. The zero-order valence-electron chi connectivity index (χ0n) is 18.6. The van der Waals surface area contributed by atoms with Crippen molar-refractivity contribution >= 4 is 11.6 Å². The summed E-state index contributed by atoms with van der Waals surface area (Å²) < 4.78 is 8.46. The molecule has 1 aromatic heterocycles. The van der Waals surface area contributed by atoms with Crippen molar-refractivity contribution in [1.29, 1.82) is 0 Å². The lowest BCUT2D eigenvalue weighted by Gasteiger charge is -2.34. The number of carbonyl (C=O) groups excluding carboxylic acids is 1. The number of carbonyl (C=O) groups is 1. The number of fused-ring (bicyclic) bond motifs is 1. The molecule has 0 bridgehead atoms. The average molecular weight is 444 g/mol. The fourth-order valence-electron chi connectivity index (χ4n) is 4.73. The van der Waals surface area contributed by atoms with E-state index in [1.165, 1.54) is 11.6 Å². The quantitative estimate of drug-likeness (QED) is 0.670. The van der Waals surface area contributed by atoms with Gasteiger partial charge in [0.15, 0.2) is 5.78 Å². The van der Waals surface area contributed by atoms with E-state index in [9.17, 15) is 14.4 Å². The van der Waals surface area contributed by atoms with E-state index in [0.29, 0.717) is 42.2 Å². The summed E-state index contributed by atoms with van der Waals surface area (Å²) >= 11 is 0. The molecule has 0 spiro atoms. The summed E-state index contributed by atoms with van der Waals surface area (Å²) in [7, 11) is 3.11. The number of hydrogen-bond acceptors (Lipinski definition) is 5. The summed E-state index contributed by atoms with van der Waals surface area (Å²) in [5, 5.41) is 3.24. The van der Waals surface area contributed by atoms with E-state index in [1.807, 2.05) is 54.6 Å². The highest BCUT2D eigenvalue weighted by Crippen LogP contribution is 2.43. The van der Waals surface area contributed by atoms with Gasteiger partial charge in [-0.25, -0.2) is 4.79 Å². The number of allylic oxidation sites excluding steroid dienone is 2. The maximum atomic E-state index is 13.2. The Morgan fingerprint density at radius 1 is 0.939 bits per heavy atom. The SMILES string of the molecule is Cn1c2c(c(=O)n(C)c1=O)[C@@H](c1ccc(OCc3ccccc3)cc1)C1=C(CCCC1=O)N2. The fourth-order valence-corrected chi connectivity index (χ4v) is 4.73. The van der Waals surface area contributed by atoms with Gasteiger partial charge in [0.25, 0.3) is 5.56 Å². The number of aromatic nitrogens is 2. The van der Waals surface area contributed by atoms with Crippen LogP contribution in [0, 0.1) is 0 Å². The average Bonchev–Trinajstić information content (AvgIpc) is 2.85. The van der Waals surface area contributed by atoms with Crippen molar-refractivity contribution in [2.75, 3.05) is 5.32 Å². The number of ketones is 1. The van der Waals surface area contributed by atoms with Crippen LogP contribution in [0.3, 0.4) is 0 Å². The van der Waals surface area contributed by atoms with E-state index in [2.05, 4.69) is 5.32 Å². The Labute approximate surface area is 191 Å². The normalized spacial score (nSPS) is 17.3. The van der Waals surface area contributed by atoms with Crippen molar-refractivity contribution in [1.82, 2.24) is 9.13 Å². The predicted molar refractivity (Wildman–Crippen MR) is 125 cm³/mol. The molecule has 0 amide bonds. The van der Waals surface area contributed by atoms with Gasteiger partial charge in [0.2, 0.25) is 0 Å². The highest BCUT2D eigenvalue weighted by Gasteiger charge is 2.38. The van der Waals surface area contributed by atoms with Crippen LogP contribution in [0.25, 0.3) is 0 Å². The van der Waals surface area contributed by atoms with Crippen LogP contribution in [0.1, 0.15) is 41.9 Å². The van der Waals surface area contributed by atoms with Gasteiger partial charge in [0.1, 0.15) is 18.2 Å². The molecule has 7 nitrogen and oxygen atoms in total. The molecule has 0 unspecified atom stereocenters. The lowest BCUT2D eigenvalue weighted by molar-refractivity contribution is -0.116. The summed E-state index contributed by atoms with van der Waals surface area (Å²) in [5.74, 6) is 0.678. The Balaban J connectivity index is 1.57. The first-order chi connectivity index (χ1) is 16.0. The zero-order valence-corrected chi connectivity index (χ0v) is 18.6. The molecular formula is C26H25N3O4. The monoisotopic (exact) mass is 443 g/mol. The summed E-state index contributed by atoms with van der Waals surface area (Å²) in [6, 6.07) is 17.4. The minimum atomic E-state index is -0.530. The molecule has 2 aromatic carbocycles. The van der Waals surface area contributed by atoms with Gasteiger partial charge >= 0.3 is 5.69 Å². The van der Waals surface area contributed by atoms with E-state index >= 15 is 0 Å². The first-order valence-electron chi connectivity index (χ1n) is 11.1. The second-order valence-electron chi connectivity index (χ2n) is 8.54. The smallest absolute Gasteiger partial charge is 0.332 e. The third-order valence-corrected chi connectivity index (χ3v) is 6.46. The van der Waals surface area contributed by atoms with E-state index in [0.717, 1.165) is 27.8 Å². The lowest BCUT2D eigenvalue weighted by atomic mass is 9.76. The van der Waals surface area contributed by atoms with Crippen molar-refractivity contribution in [3.63, 3.8) is 0 Å². The van der Waals surface area contributed by atoms with Crippen LogP contribution in [0.5, 0.6) is 5.75 Å². The Bertz CT molecular complexity index is 1380. The molecule has 2 heterocycles. The molecule has 1 atom stereocenters. The first kappa shape index (κ1) is 21.0. The number of hydrogen-bond donors (Lipinski definition) is 1. The number of nitrogens with zero attached hydrogens (tertiary/aromatic N) is 2. The number of rotatable bonds is 4. The van der Waals surface area contributed by atoms with Gasteiger partial charge in [-0.15, -0.1) is 0 Å². The molecular weight excluding hydrogens is 418 g/mol. The van der Waals surface area contributed by atoms with Crippen LogP contribution in [-0.4, -0.2) is 14.9 Å². The Kier molecular flexibility index (Phi) is 5.24. The standard InChI is InChI=1S/C26H25N3O4/c1-28-24-23(25(31)29(2)26(28)32)21(22-19(27-24)9-6-10-20(22)30)17-11-13-18(14-12-17)33-15-16-7-4-3-5-8-16/h3-5,7-8,11-14,21,27H,6,9-10,15H2,1-2H3/t21-/m0/s1. The van der Waals surface area contributed by atoms with Crippen LogP contribution in [0.15, 0.2) is 75.5 Å². The van der Waals surface area contributed by atoms with Gasteiger partial charge in [0, 0.05) is 37.7 Å². The van der Waals surface area contributed by atoms with Crippen LogP contribution in [0.4, 0.5) is 5.82 Å². The molecule has 0 fully saturated rings. The molecule has 0 saturated carbocycles. The van der Waals surface area contributed by atoms with Gasteiger partial charge in [-0.3, -0.25) is 18.7 Å². The summed E-state index contributed by atoms with van der Waals surface area (Å²) in [5.41, 5.74) is 2.95. The second-order valence-corrected chi connectivity index (χ2v) is 8.54. The van der Waals surface area contributed by atoms with E-state index in [4.69, 9.17) is 4.74 Å². The molecule has 7 heteroatoms. The lowest BCUT2D eigenvalue weighted by Crippen LogP contribution is -2.44. The van der Waals surface area contributed by atoms with E-state index in [-0.39, 0.29) is 11.3 Å². The molecule has 33 heavy (non-hydrogen) atoms. The molecule has 3 aromatic rings. The largest absolute Gasteiger partial charge is 0.489 e. The van der Waals surface area contributed by atoms with Gasteiger partial charge in [-0.2, -0.15) is 0 Å². The summed E-state index contributed by atoms with van der Waals surface area (Å²) in [6.07, 6.45) is 1.91. The van der Waals surface area contributed by atoms with Crippen LogP contribution in [-0.2, 0) is 25.5 Å². The van der Waals surface area contributed by atoms with Crippen LogP contribution < -0.4 is 21.3 Å². The van der Waals surface area contributed by atoms with Crippen LogP contribution in [0.2, 0.25) is 0 Å². The van der Waals surface area contributed by atoms with Crippen LogP contribution >= 0.6 is 0 Å². The third kappa shape index (κ3) is 3.59. The minimum absolute atomic E-state index is 0.0414. The molecule has 5 rings (SSSR count). The number of ether oxygens (including phenoxy) is 1.